The monoisotopic (exact) mass is 317 g/mol. The zero-order valence-corrected chi connectivity index (χ0v) is 13.9. The third-order valence-electron chi connectivity index (χ3n) is 3.15. The van der Waals surface area contributed by atoms with Crippen molar-refractivity contribution in [2.45, 2.75) is 27.7 Å². The fraction of sp³-hybridized carbons (Fsp3) is 0.267. The molecule has 0 aliphatic heterocycles. The van der Waals surface area contributed by atoms with E-state index in [2.05, 4.69) is 28.3 Å². The first-order valence-electron chi connectivity index (χ1n) is 6.57. The number of amides is 1. The number of thiazole rings is 2. The lowest BCUT2D eigenvalue weighted by Gasteiger charge is -1.98. The van der Waals surface area contributed by atoms with Crippen molar-refractivity contribution in [3.8, 4) is 0 Å². The summed E-state index contributed by atoms with van der Waals surface area (Å²) < 4.78 is 1.12. The van der Waals surface area contributed by atoms with Gasteiger partial charge in [-0.1, -0.05) is 17.4 Å². The molecule has 0 saturated heterocycles. The highest BCUT2D eigenvalue weighted by atomic mass is 32.1. The predicted octanol–water partition coefficient (Wildman–Crippen LogP) is 4.24. The maximum absolute atomic E-state index is 12.3. The van der Waals surface area contributed by atoms with Crippen LogP contribution in [0.3, 0.4) is 0 Å². The molecular weight excluding hydrogens is 302 g/mol. The summed E-state index contributed by atoms with van der Waals surface area (Å²) in [6.07, 6.45) is 0. The van der Waals surface area contributed by atoms with Crippen molar-refractivity contribution in [2.75, 3.05) is 5.32 Å². The average molecular weight is 317 g/mol. The van der Waals surface area contributed by atoms with Gasteiger partial charge in [-0.25, -0.2) is 9.97 Å². The first kappa shape index (κ1) is 14.2. The van der Waals surface area contributed by atoms with Crippen LogP contribution in [0.1, 0.15) is 31.5 Å². The van der Waals surface area contributed by atoms with Crippen molar-refractivity contribution in [1.82, 2.24) is 9.97 Å². The minimum absolute atomic E-state index is 0.133. The third-order valence-corrected chi connectivity index (χ3v) is 5.34. The summed E-state index contributed by atoms with van der Waals surface area (Å²) >= 11 is 2.92. The van der Waals surface area contributed by atoms with Gasteiger partial charge in [-0.05, 0) is 44.9 Å². The molecule has 4 nitrogen and oxygen atoms in total. The van der Waals surface area contributed by atoms with Gasteiger partial charge < -0.3 is 0 Å². The van der Waals surface area contributed by atoms with Crippen molar-refractivity contribution >= 4 is 43.9 Å². The van der Waals surface area contributed by atoms with Crippen LogP contribution in [-0.2, 0) is 0 Å². The first-order chi connectivity index (χ1) is 9.94. The summed E-state index contributed by atoms with van der Waals surface area (Å²) in [5.41, 5.74) is 4.07. The highest BCUT2D eigenvalue weighted by molar-refractivity contribution is 7.22. The van der Waals surface area contributed by atoms with Crippen molar-refractivity contribution in [2.24, 2.45) is 0 Å². The van der Waals surface area contributed by atoms with Crippen LogP contribution in [0.25, 0.3) is 10.2 Å². The van der Waals surface area contributed by atoms with Gasteiger partial charge in [0.1, 0.15) is 4.88 Å². The number of aryl methyl sites for hydroxylation is 4. The van der Waals surface area contributed by atoms with Crippen molar-refractivity contribution in [3.63, 3.8) is 0 Å². The third kappa shape index (κ3) is 2.69. The normalized spacial score (nSPS) is 11.0. The fourth-order valence-corrected chi connectivity index (χ4v) is 4.05. The van der Waals surface area contributed by atoms with Crippen molar-refractivity contribution in [1.29, 1.82) is 0 Å². The Morgan fingerprint density at radius 2 is 1.86 bits per heavy atom. The molecule has 2 aromatic heterocycles. The lowest BCUT2D eigenvalue weighted by molar-refractivity contribution is 0.103. The zero-order chi connectivity index (χ0) is 15.1. The molecule has 0 spiro atoms. The molecule has 0 bridgehead atoms. The molecule has 3 rings (SSSR count). The molecule has 1 N–H and O–H groups in total. The number of nitrogens with one attached hydrogen (secondary N) is 1. The van der Waals surface area contributed by atoms with Gasteiger partial charge >= 0.3 is 0 Å². The summed E-state index contributed by atoms with van der Waals surface area (Å²) in [5.74, 6) is -0.133. The largest absolute Gasteiger partial charge is 0.297 e. The number of rotatable bonds is 2. The van der Waals surface area contributed by atoms with E-state index in [-0.39, 0.29) is 5.91 Å². The molecule has 2 heterocycles. The number of benzene rings is 1. The first-order valence-corrected chi connectivity index (χ1v) is 8.20. The van der Waals surface area contributed by atoms with Crippen LogP contribution in [-0.4, -0.2) is 15.9 Å². The number of carbonyl (C=O) groups is 1. The second kappa shape index (κ2) is 5.20. The minimum Gasteiger partial charge on any atom is -0.297 e. The maximum atomic E-state index is 12.3. The Labute approximate surface area is 130 Å². The molecule has 0 aliphatic carbocycles. The maximum Gasteiger partial charge on any atom is 0.269 e. The summed E-state index contributed by atoms with van der Waals surface area (Å²) in [4.78, 5) is 21.7. The van der Waals surface area contributed by atoms with E-state index in [0.29, 0.717) is 10.0 Å². The van der Waals surface area contributed by atoms with Gasteiger partial charge in [-0.2, -0.15) is 0 Å². The molecule has 0 aliphatic rings. The number of nitrogens with zero attached hydrogens (tertiary/aromatic N) is 2. The fourth-order valence-electron chi connectivity index (χ4n) is 2.33. The number of fused-ring (bicyclic) bond motifs is 1. The van der Waals surface area contributed by atoms with Crippen LogP contribution in [0.5, 0.6) is 0 Å². The number of carbonyl (C=O) groups excluding carboxylic acids is 1. The Kier molecular flexibility index (Phi) is 3.51. The van der Waals surface area contributed by atoms with E-state index in [0.717, 1.165) is 20.9 Å². The highest BCUT2D eigenvalue weighted by Crippen LogP contribution is 2.30. The number of anilines is 1. The van der Waals surface area contributed by atoms with Gasteiger partial charge in [-0.3, -0.25) is 10.1 Å². The molecular formula is C15H15N3OS2. The molecule has 3 aromatic rings. The topological polar surface area (TPSA) is 54.9 Å². The summed E-state index contributed by atoms with van der Waals surface area (Å²) in [7, 11) is 0. The van der Waals surface area contributed by atoms with Crippen molar-refractivity contribution in [3.05, 3.63) is 38.8 Å². The SMILES string of the molecule is Cc1cc(C)c2sc(NC(=O)c3sc(C)nc3C)nc2c1. The minimum atomic E-state index is -0.133. The molecule has 6 heteroatoms. The van der Waals surface area contributed by atoms with E-state index in [9.17, 15) is 4.79 Å². The van der Waals surface area contributed by atoms with E-state index in [1.807, 2.05) is 26.8 Å². The van der Waals surface area contributed by atoms with Gasteiger partial charge in [-0.15, -0.1) is 11.3 Å². The van der Waals surface area contributed by atoms with E-state index in [4.69, 9.17) is 0 Å². The Morgan fingerprint density at radius 1 is 1.10 bits per heavy atom. The van der Waals surface area contributed by atoms with E-state index in [1.165, 1.54) is 33.8 Å². The van der Waals surface area contributed by atoms with Crippen LogP contribution in [0.4, 0.5) is 5.13 Å². The Bertz CT molecular complexity index is 848. The molecule has 1 aromatic carbocycles. The van der Waals surface area contributed by atoms with Gasteiger partial charge in [0.05, 0.1) is 20.9 Å². The second-order valence-electron chi connectivity index (χ2n) is 5.05. The Hall–Kier alpha value is -1.79. The van der Waals surface area contributed by atoms with Crippen LogP contribution in [0, 0.1) is 27.7 Å². The molecule has 0 atom stereocenters. The van der Waals surface area contributed by atoms with Gasteiger partial charge in [0, 0.05) is 0 Å². The van der Waals surface area contributed by atoms with E-state index in [1.54, 1.807) is 0 Å². The summed E-state index contributed by atoms with van der Waals surface area (Å²) in [6.45, 7) is 7.87. The van der Waals surface area contributed by atoms with Gasteiger partial charge in [0.15, 0.2) is 5.13 Å². The molecule has 0 saturated carbocycles. The molecule has 0 fully saturated rings. The van der Waals surface area contributed by atoms with E-state index >= 15 is 0 Å². The second-order valence-corrected chi connectivity index (χ2v) is 7.25. The summed E-state index contributed by atoms with van der Waals surface area (Å²) in [6, 6.07) is 4.17. The highest BCUT2D eigenvalue weighted by Gasteiger charge is 2.16. The molecule has 0 radical (unpaired) electrons. The van der Waals surface area contributed by atoms with E-state index < -0.39 is 0 Å². The van der Waals surface area contributed by atoms with Crippen LogP contribution >= 0.6 is 22.7 Å². The lowest BCUT2D eigenvalue weighted by Crippen LogP contribution is -2.11. The quantitative estimate of drug-likeness (QED) is 0.769. The summed E-state index contributed by atoms with van der Waals surface area (Å²) in [5, 5.41) is 4.42. The number of aromatic nitrogens is 2. The zero-order valence-electron chi connectivity index (χ0n) is 12.3. The van der Waals surface area contributed by atoms with Gasteiger partial charge in [0.2, 0.25) is 0 Å². The van der Waals surface area contributed by atoms with Crippen LogP contribution in [0.2, 0.25) is 0 Å². The Balaban J connectivity index is 1.93. The van der Waals surface area contributed by atoms with Gasteiger partial charge in [0.25, 0.3) is 5.91 Å². The smallest absolute Gasteiger partial charge is 0.269 e. The molecule has 1 amide bonds. The molecule has 0 unspecified atom stereocenters. The number of hydrogen-bond acceptors (Lipinski definition) is 5. The Morgan fingerprint density at radius 3 is 2.52 bits per heavy atom. The predicted molar refractivity (Wildman–Crippen MR) is 88.6 cm³/mol. The average Bonchev–Trinajstić information content (AvgIpc) is 2.92. The van der Waals surface area contributed by atoms with Crippen LogP contribution < -0.4 is 5.32 Å². The molecule has 21 heavy (non-hydrogen) atoms. The number of hydrogen-bond donors (Lipinski definition) is 1. The molecule has 108 valence electrons. The standard InChI is InChI=1S/C15H15N3OS2/c1-7-5-8(2)12-11(6-7)17-15(21-12)18-14(19)13-9(3)16-10(4)20-13/h5-6H,1-4H3,(H,17,18,19). The van der Waals surface area contributed by atoms with Crippen LogP contribution in [0.15, 0.2) is 12.1 Å². The lowest BCUT2D eigenvalue weighted by atomic mass is 10.1. The van der Waals surface area contributed by atoms with Crippen molar-refractivity contribution < 1.29 is 4.79 Å².